The number of carbonyl (C=O) groups excluding carboxylic acids is 1. The fourth-order valence-corrected chi connectivity index (χ4v) is 4.17. The molecular weight excluding hydrogens is 420 g/mol. The molecule has 4 rings (SSSR count). The summed E-state index contributed by atoms with van der Waals surface area (Å²) in [4.78, 5) is 28.1. The summed E-state index contributed by atoms with van der Waals surface area (Å²) < 4.78 is 7.48. The topological polar surface area (TPSA) is 124 Å². The van der Waals surface area contributed by atoms with Gasteiger partial charge in [0, 0.05) is 25.9 Å². The number of nitrogens with one attached hydrogen (secondary N) is 1. The molecule has 0 aromatic carbocycles. The molecule has 3 N–H and O–H groups in total. The zero-order valence-corrected chi connectivity index (χ0v) is 19.5. The highest BCUT2D eigenvalue weighted by Crippen LogP contribution is 2.30. The Labute approximate surface area is 193 Å². The molecule has 0 radical (unpaired) electrons. The van der Waals surface area contributed by atoms with Crippen molar-refractivity contribution in [2.24, 2.45) is 11.7 Å². The van der Waals surface area contributed by atoms with E-state index >= 15 is 0 Å². The van der Waals surface area contributed by atoms with E-state index < -0.39 is 0 Å². The number of nitrogens with zero attached hydrogens (tertiary/aromatic N) is 6. The second-order valence-electron chi connectivity index (χ2n) is 8.32. The monoisotopic (exact) mass is 452 g/mol. The molecule has 1 amide bonds. The fraction of sp³-hybridized carbons (Fsp3) is 0.522. The summed E-state index contributed by atoms with van der Waals surface area (Å²) in [7, 11) is 0. The van der Waals surface area contributed by atoms with E-state index in [0.29, 0.717) is 43.9 Å². The molecule has 0 bridgehead atoms. The van der Waals surface area contributed by atoms with Crippen molar-refractivity contribution in [2.75, 3.05) is 36.5 Å². The summed E-state index contributed by atoms with van der Waals surface area (Å²) in [5, 5.41) is 8.20. The summed E-state index contributed by atoms with van der Waals surface area (Å²) in [6, 6.07) is 3.92. The first kappa shape index (κ1) is 22.9. The number of piperidine rings is 1. The summed E-state index contributed by atoms with van der Waals surface area (Å²) in [6.45, 7) is 9.14. The van der Waals surface area contributed by atoms with E-state index in [4.69, 9.17) is 25.5 Å². The van der Waals surface area contributed by atoms with Crippen LogP contribution >= 0.6 is 0 Å². The van der Waals surface area contributed by atoms with Crippen LogP contribution in [-0.2, 0) is 22.5 Å². The molecule has 33 heavy (non-hydrogen) atoms. The molecule has 0 aliphatic carbocycles. The molecule has 1 aliphatic heterocycles. The number of fused-ring (bicyclic) bond motifs is 1. The van der Waals surface area contributed by atoms with Crippen LogP contribution in [0.15, 0.2) is 18.3 Å². The van der Waals surface area contributed by atoms with Gasteiger partial charge >= 0.3 is 0 Å². The Morgan fingerprint density at radius 1 is 1.33 bits per heavy atom. The maximum absolute atomic E-state index is 11.8. The molecule has 1 fully saturated rings. The van der Waals surface area contributed by atoms with Crippen molar-refractivity contribution in [2.45, 2.75) is 46.6 Å². The average molecular weight is 453 g/mol. The SMILES string of the molecule is CCOCCn1nc(CC)c2nc(N3CCCC(C(N)=O)C3)nc(Nc3cc(C)ccn3)c21. The number of pyridine rings is 1. The normalized spacial score (nSPS) is 16.3. The summed E-state index contributed by atoms with van der Waals surface area (Å²) in [6.07, 6.45) is 4.16. The lowest BCUT2D eigenvalue weighted by atomic mass is 9.98. The number of ether oxygens (including phenoxy) is 1. The number of hydrogen-bond acceptors (Lipinski definition) is 8. The maximum atomic E-state index is 11.8. The Balaban J connectivity index is 1.80. The van der Waals surface area contributed by atoms with Crippen LogP contribution in [-0.4, -0.2) is 56.9 Å². The third kappa shape index (κ3) is 5.05. The van der Waals surface area contributed by atoms with Gasteiger partial charge in [-0.05, 0) is 50.8 Å². The van der Waals surface area contributed by atoms with Crippen molar-refractivity contribution in [1.29, 1.82) is 0 Å². The van der Waals surface area contributed by atoms with E-state index in [0.717, 1.165) is 48.1 Å². The molecule has 1 aliphatic rings. The summed E-state index contributed by atoms with van der Waals surface area (Å²) in [5.41, 5.74) is 9.21. The van der Waals surface area contributed by atoms with Crippen LogP contribution < -0.4 is 16.0 Å². The van der Waals surface area contributed by atoms with Crippen LogP contribution in [0.3, 0.4) is 0 Å². The summed E-state index contributed by atoms with van der Waals surface area (Å²) >= 11 is 0. The average Bonchev–Trinajstić information content (AvgIpc) is 3.17. The van der Waals surface area contributed by atoms with Crippen LogP contribution in [0.25, 0.3) is 11.0 Å². The number of hydrogen-bond donors (Lipinski definition) is 2. The first-order chi connectivity index (χ1) is 16.0. The number of carbonyl (C=O) groups is 1. The van der Waals surface area contributed by atoms with Gasteiger partial charge in [0.05, 0.1) is 24.8 Å². The van der Waals surface area contributed by atoms with E-state index in [9.17, 15) is 4.79 Å². The van der Waals surface area contributed by atoms with Gasteiger partial charge in [-0.25, -0.2) is 9.97 Å². The van der Waals surface area contributed by atoms with E-state index in [-0.39, 0.29) is 11.8 Å². The molecule has 10 nitrogen and oxygen atoms in total. The molecule has 4 heterocycles. The van der Waals surface area contributed by atoms with E-state index in [1.807, 2.05) is 35.6 Å². The zero-order valence-electron chi connectivity index (χ0n) is 19.5. The number of rotatable bonds is 9. The van der Waals surface area contributed by atoms with Gasteiger partial charge in [-0.3, -0.25) is 9.48 Å². The van der Waals surface area contributed by atoms with Crippen LogP contribution in [0.5, 0.6) is 0 Å². The number of anilines is 3. The molecule has 176 valence electrons. The molecule has 0 saturated carbocycles. The quantitative estimate of drug-likeness (QED) is 0.475. The van der Waals surface area contributed by atoms with Gasteiger partial charge in [-0.1, -0.05) is 6.92 Å². The van der Waals surface area contributed by atoms with Crippen LogP contribution in [0.1, 0.15) is 37.9 Å². The number of amides is 1. The minimum absolute atomic E-state index is 0.201. The molecule has 0 spiro atoms. The van der Waals surface area contributed by atoms with Gasteiger partial charge < -0.3 is 20.7 Å². The molecule has 3 aromatic rings. The first-order valence-corrected chi connectivity index (χ1v) is 11.6. The van der Waals surface area contributed by atoms with Crippen LogP contribution in [0.2, 0.25) is 0 Å². The Bertz CT molecular complexity index is 1130. The van der Waals surface area contributed by atoms with Crippen LogP contribution in [0.4, 0.5) is 17.6 Å². The number of primary amides is 1. The van der Waals surface area contributed by atoms with Gasteiger partial charge in [0.25, 0.3) is 0 Å². The Morgan fingerprint density at radius 2 is 2.18 bits per heavy atom. The van der Waals surface area contributed by atoms with Gasteiger partial charge in [0.15, 0.2) is 5.82 Å². The highest BCUT2D eigenvalue weighted by atomic mass is 16.5. The maximum Gasteiger partial charge on any atom is 0.228 e. The molecular formula is C23H32N8O2. The van der Waals surface area contributed by atoms with Crippen molar-refractivity contribution in [1.82, 2.24) is 24.7 Å². The van der Waals surface area contributed by atoms with Gasteiger partial charge in [-0.15, -0.1) is 0 Å². The Morgan fingerprint density at radius 3 is 2.91 bits per heavy atom. The highest BCUT2D eigenvalue weighted by Gasteiger charge is 2.27. The summed E-state index contributed by atoms with van der Waals surface area (Å²) in [5.74, 6) is 1.43. The molecule has 1 atom stereocenters. The molecule has 1 unspecified atom stereocenters. The predicted molar refractivity (Wildman–Crippen MR) is 128 cm³/mol. The third-order valence-corrected chi connectivity index (χ3v) is 5.90. The lowest BCUT2D eigenvalue weighted by Crippen LogP contribution is -2.42. The van der Waals surface area contributed by atoms with Crippen molar-refractivity contribution < 1.29 is 9.53 Å². The molecule has 1 saturated heterocycles. The van der Waals surface area contributed by atoms with Gasteiger partial charge in [0.2, 0.25) is 11.9 Å². The molecule has 3 aromatic heterocycles. The minimum atomic E-state index is -0.277. The third-order valence-electron chi connectivity index (χ3n) is 5.90. The minimum Gasteiger partial charge on any atom is -0.380 e. The lowest BCUT2D eigenvalue weighted by Gasteiger charge is -2.31. The van der Waals surface area contributed by atoms with E-state index in [2.05, 4.69) is 17.2 Å². The van der Waals surface area contributed by atoms with Crippen molar-refractivity contribution in [3.8, 4) is 0 Å². The second kappa shape index (κ2) is 10.1. The first-order valence-electron chi connectivity index (χ1n) is 11.6. The van der Waals surface area contributed by atoms with Crippen molar-refractivity contribution >= 4 is 34.5 Å². The standard InChI is InChI=1S/C23H32N8O2/c1-4-17-19-20(31(29-17)11-12-33-5-2)22(26-18-13-15(3)8-9-25-18)28-23(27-19)30-10-6-7-16(14-30)21(24)32/h8-9,13,16H,4-7,10-12,14H2,1-3H3,(H2,24,32)(H,25,26,27,28). The zero-order chi connectivity index (χ0) is 23.4. The van der Waals surface area contributed by atoms with Crippen molar-refractivity contribution in [3.05, 3.63) is 29.6 Å². The second-order valence-corrected chi connectivity index (χ2v) is 8.32. The van der Waals surface area contributed by atoms with E-state index in [1.54, 1.807) is 6.20 Å². The Hall–Kier alpha value is -3.27. The van der Waals surface area contributed by atoms with Crippen LogP contribution in [0, 0.1) is 12.8 Å². The predicted octanol–water partition coefficient (Wildman–Crippen LogP) is 2.57. The number of aromatic nitrogens is 5. The van der Waals surface area contributed by atoms with Crippen molar-refractivity contribution in [3.63, 3.8) is 0 Å². The lowest BCUT2D eigenvalue weighted by molar-refractivity contribution is -0.122. The van der Waals surface area contributed by atoms with E-state index in [1.165, 1.54) is 0 Å². The van der Waals surface area contributed by atoms with Gasteiger partial charge in [-0.2, -0.15) is 10.1 Å². The fourth-order valence-electron chi connectivity index (χ4n) is 4.17. The molecule has 10 heteroatoms. The number of aryl methyl sites for hydroxylation is 2. The highest BCUT2D eigenvalue weighted by molar-refractivity contribution is 5.90. The van der Waals surface area contributed by atoms with Gasteiger partial charge in [0.1, 0.15) is 16.9 Å². The smallest absolute Gasteiger partial charge is 0.228 e. The number of nitrogens with two attached hydrogens (primary N) is 1. The largest absolute Gasteiger partial charge is 0.380 e. The Kier molecular flexibility index (Phi) is 7.02.